The molecule has 1 aromatic carbocycles. The molecule has 3 N–H and O–H groups in total. The van der Waals surface area contributed by atoms with Crippen LogP contribution in [0.1, 0.15) is 11.1 Å². The van der Waals surface area contributed by atoms with Gasteiger partial charge in [0, 0.05) is 19.8 Å². The summed E-state index contributed by atoms with van der Waals surface area (Å²) in [5, 5.41) is 3.69. The van der Waals surface area contributed by atoms with E-state index in [0.29, 0.717) is 11.2 Å². The van der Waals surface area contributed by atoms with Gasteiger partial charge in [0.2, 0.25) is 0 Å². The van der Waals surface area contributed by atoms with E-state index < -0.39 is 0 Å². The van der Waals surface area contributed by atoms with Crippen molar-refractivity contribution in [1.82, 2.24) is 10.9 Å². The number of nitrogens with one attached hydrogen (secondary N) is 3. The van der Waals surface area contributed by atoms with Crippen LogP contribution in [0.5, 0.6) is 0 Å². The summed E-state index contributed by atoms with van der Waals surface area (Å²) in [6, 6.07) is 6.32. The fraction of sp³-hybridized carbons (Fsp3) is 0.417. The minimum Gasteiger partial charge on any atom is -0.381 e. The summed E-state index contributed by atoms with van der Waals surface area (Å²) in [6.45, 7) is 0. The first-order chi connectivity index (χ1) is 8.22. The van der Waals surface area contributed by atoms with Gasteiger partial charge < -0.3 is 10.1 Å². The molecule has 0 aromatic heterocycles. The van der Waals surface area contributed by atoms with Gasteiger partial charge in [0.1, 0.15) is 0 Å². The van der Waals surface area contributed by atoms with Gasteiger partial charge in [0.25, 0.3) is 0 Å². The highest BCUT2D eigenvalue weighted by Crippen LogP contribution is 2.26. The van der Waals surface area contributed by atoms with Crippen LogP contribution in [0.15, 0.2) is 18.2 Å². The topological polar surface area (TPSA) is 45.3 Å². The number of hydrazine groups is 1. The quantitative estimate of drug-likeness (QED) is 0.557. The molecular formula is C12H17N3OS. The predicted molar refractivity (Wildman–Crippen MR) is 73.1 cm³/mol. The van der Waals surface area contributed by atoms with Gasteiger partial charge in [-0.1, -0.05) is 6.07 Å². The van der Waals surface area contributed by atoms with Gasteiger partial charge >= 0.3 is 0 Å². The Bertz CT molecular complexity index is 422. The minimum absolute atomic E-state index is 0.322. The van der Waals surface area contributed by atoms with Crippen LogP contribution in [0.3, 0.4) is 0 Å². The molecule has 1 aliphatic carbocycles. The molecule has 0 saturated carbocycles. The molecule has 4 nitrogen and oxygen atoms in total. The van der Waals surface area contributed by atoms with Crippen LogP contribution in [-0.4, -0.2) is 25.4 Å². The van der Waals surface area contributed by atoms with Crippen molar-refractivity contribution in [3.63, 3.8) is 0 Å². The Hall–Kier alpha value is -1.17. The zero-order chi connectivity index (χ0) is 12.3. The summed E-state index contributed by atoms with van der Waals surface area (Å²) in [7, 11) is 3.54. The van der Waals surface area contributed by atoms with E-state index in [1.807, 2.05) is 6.07 Å². The number of hydrogen-bond donors (Lipinski definition) is 3. The molecule has 0 heterocycles. The summed E-state index contributed by atoms with van der Waals surface area (Å²) < 4.78 is 5.38. The van der Waals surface area contributed by atoms with E-state index in [4.69, 9.17) is 17.0 Å². The Labute approximate surface area is 107 Å². The number of rotatable bonds is 3. The molecule has 2 rings (SSSR count). The van der Waals surface area contributed by atoms with Gasteiger partial charge in [0.05, 0.1) is 6.10 Å². The maximum absolute atomic E-state index is 5.38. The molecule has 0 spiro atoms. The molecule has 0 aliphatic heterocycles. The van der Waals surface area contributed by atoms with Gasteiger partial charge in [0.15, 0.2) is 5.11 Å². The van der Waals surface area contributed by atoms with Gasteiger partial charge in [-0.25, -0.2) is 5.43 Å². The Morgan fingerprint density at radius 3 is 2.82 bits per heavy atom. The predicted octanol–water partition coefficient (Wildman–Crippen LogP) is 1.22. The Morgan fingerprint density at radius 1 is 1.35 bits per heavy atom. The third-order valence-electron chi connectivity index (χ3n) is 2.93. The SMILES string of the molecule is CNNC(=S)Nc1ccc2c(c1)CC(OC)C2. The molecule has 0 fully saturated rings. The van der Waals surface area contributed by atoms with Gasteiger partial charge in [-0.15, -0.1) is 0 Å². The van der Waals surface area contributed by atoms with E-state index in [9.17, 15) is 0 Å². The van der Waals surface area contributed by atoms with Crippen molar-refractivity contribution in [2.24, 2.45) is 0 Å². The lowest BCUT2D eigenvalue weighted by Crippen LogP contribution is -2.37. The zero-order valence-electron chi connectivity index (χ0n) is 10.0. The lowest BCUT2D eigenvalue weighted by Gasteiger charge is -2.10. The summed E-state index contributed by atoms with van der Waals surface area (Å²) in [6.07, 6.45) is 2.31. The third kappa shape index (κ3) is 2.94. The van der Waals surface area contributed by atoms with Crippen molar-refractivity contribution in [2.75, 3.05) is 19.5 Å². The monoisotopic (exact) mass is 251 g/mol. The molecule has 1 aliphatic rings. The van der Waals surface area contributed by atoms with Crippen LogP contribution in [0.4, 0.5) is 5.69 Å². The highest BCUT2D eigenvalue weighted by atomic mass is 32.1. The second-order valence-electron chi connectivity index (χ2n) is 4.08. The maximum Gasteiger partial charge on any atom is 0.185 e. The highest BCUT2D eigenvalue weighted by Gasteiger charge is 2.20. The highest BCUT2D eigenvalue weighted by molar-refractivity contribution is 7.80. The number of fused-ring (bicyclic) bond motifs is 1. The molecule has 5 heteroatoms. The van der Waals surface area contributed by atoms with Crippen LogP contribution >= 0.6 is 12.2 Å². The smallest absolute Gasteiger partial charge is 0.185 e. The number of methoxy groups -OCH3 is 1. The molecule has 0 saturated heterocycles. The first-order valence-electron chi connectivity index (χ1n) is 5.61. The number of hydrogen-bond acceptors (Lipinski definition) is 3. The standard InChI is InChI=1S/C12H17N3OS/c1-13-15-12(17)14-10-4-3-8-6-11(16-2)7-9(8)5-10/h3-5,11,13H,6-7H2,1-2H3,(H2,14,15,17). The Kier molecular flexibility index (Phi) is 3.93. The second kappa shape index (κ2) is 5.44. The fourth-order valence-electron chi connectivity index (χ4n) is 2.10. The largest absolute Gasteiger partial charge is 0.381 e. The number of ether oxygens (including phenoxy) is 1. The Balaban J connectivity index is 2.05. The summed E-state index contributed by atoms with van der Waals surface area (Å²) in [5.41, 5.74) is 9.33. The fourth-order valence-corrected chi connectivity index (χ4v) is 2.32. The number of anilines is 1. The van der Waals surface area contributed by atoms with Crippen molar-refractivity contribution in [3.8, 4) is 0 Å². The average molecular weight is 251 g/mol. The molecule has 17 heavy (non-hydrogen) atoms. The first kappa shape index (κ1) is 12.3. The Morgan fingerprint density at radius 2 is 2.12 bits per heavy atom. The lowest BCUT2D eigenvalue weighted by molar-refractivity contribution is 0.112. The molecule has 1 aromatic rings. The zero-order valence-corrected chi connectivity index (χ0v) is 10.9. The van der Waals surface area contributed by atoms with Crippen LogP contribution in [-0.2, 0) is 17.6 Å². The van der Waals surface area contributed by atoms with Crippen molar-refractivity contribution in [1.29, 1.82) is 0 Å². The molecule has 1 unspecified atom stereocenters. The van der Waals surface area contributed by atoms with Crippen LogP contribution < -0.4 is 16.2 Å². The third-order valence-corrected chi connectivity index (χ3v) is 3.14. The molecule has 0 amide bonds. The van der Waals surface area contributed by atoms with E-state index >= 15 is 0 Å². The molecular weight excluding hydrogens is 234 g/mol. The summed E-state index contributed by atoms with van der Waals surface area (Å²) in [4.78, 5) is 0. The summed E-state index contributed by atoms with van der Waals surface area (Å²) in [5.74, 6) is 0. The molecule has 1 atom stereocenters. The van der Waals surface area contributed by atoms with Crippen molar-refractivity contribution < 1.29 is 4.74 Å². The van der Waals surface area contributed by atoms with Gasteiger partial charge in [-0.05, 0) is 48.3 Å². The minimum atomic E-state index is 0.322. The van der Waals surface area contributed by atoms with E-state index in [-0.39, 0.29) is 0 Å². The molecule has 0 radical (unpaired) electrons. The maximum atomic E-state index is 5.38. The van der Waals surface area contributed by atoms with Crippen LogP contribution in [0, 0.1) is 0 Å². The average Bonchev–Trinajstić information content (AvgIpc) is 2.71. The van der Waals surface area contributed by atoms with E-state index in [2.05, 4.69) is 28.3 Å². The molecule has 0 bridgehead atoms. The van der Waals surface area contributed by atoms with Crippen molar-refractivity contribution in [3.05, 3.63) is 29.3 Å². The number of benzene rings is 1. The van der Waals surface area contributed by atoms with E-state index in [0.717, 1.165) is 18.5 Å². The summed E-state index contributed by atoms with van der Waals surface area (Å²) >= 11 is 5.10. The molecule has 92 valence electrons. The van der Waals surface area contributed by atoms with Crippen molar-refractivity contribution in [2.45, 2.75) is 18.9 Å². The normalized spacial score (nSPS) is 17.6. The number of thiocarbonyl (C=S) groups is 1. The van der Waals surface area contributed by atoms with E-state index in [1.54, 1.807) is 14.2 Å². The van der Waals surface area contributed by atoms with Gasteiger partial charge in [-0.3, -0.25) is 5.43 Å². The second-order valence-corrected chi connectivity index (χ2v) is 4.49. The van der Waals surface area contributed by atoms with Crippen molar-refractivity contribution >= 4 is 23.0 Å². The van der Waals surface area contributed by atoms with Crippen LogP contribution in [0.25, 0.3) is 0 Å². The van der Waals surface area contributed by atoms with E-state index in [1.165, 1.54) is 11.1 Å². The lowest BCUT2D eigenvalue weighted by atomic mass is 10.1. The van der Waals surface area contributed by atoms with Gasteiger partial charge in [-0.2, -0.15) is 0 Å². The first-order valence-corrected chi connectivity index (χ1v) is 6.02. The van der Waals surface area contributed by atoms with Crippen LogP contribution in [0.2, 0.25) is 0 Å².